The topological polar surface area (TPSA) is 94.3 Å². The van der Waals surface area contributed by atoms with Crippen LogP contribution in [-0.2, 0) is 11.3 Å². The summed E-state index contributed by atoms with van der Waals surface area (Å²) < 4.78 is 4.66. The van der Waals surface area contributed by atoms with Gasteiger partial charge in [0.05, 0.1) is 18.4 Å². The number of halogens is 1. The molecule has 3 N–H and O–H groups in total. The van der Waals surface area contributed by atoms with Crippen molar-refractivity contribution in [3.63, 3.8) is 0 Å². The fourth-order valence-corrected chi connectivity index (χ4v) is 2.43. The van der Waals surface area contributed by atoms with E-state index in [-0.39, 0.29) is 23.5 Å². The fourth-order valence-electron chi connectivity index (χ4n) is 1.60. The molecule has 1 heterocycles. The summed E-state index contributed by atoms with van der Waals surface area (Å²) in [6.07, 6.45) is 0. The normalized spacial score (nSPS) is 10.2. The van der Waals surface area contributed by atoms with E-state index in [0.29, 0.717) is 10.0 Å². The van der Waals surface area contributed by atoms with Gasteiger partial charge in [0.2, 0.25) is 0 Å². The molecule has 0 unspecified atom stereocenters. The summed E-state index contributed by atoms with van der Waals surface area (Å²) >= 11 is 7.18. The summed E-state index contributed by atoms with van der Waals surface area (Å²) in [4.78, 5) is 27.9. The quantitative estimate of drug-likeness (QED) is 0.841. The first-order chi connectivity index (χ1) is 10.0. The Bertz CT molecular complexity index is 687. The average Bonchev–Trinajstić information content (AvgIpc) is 2.95. The van der Waals surface area contributed by atoms with Gasteiger partial charge < -0.3 is 15.8 Å². The number of hydrogen-bond acceptors (Lipinski definition) is 6. The third-order valence-corrected chi connectivity index (χ3v) is 3.70. The minimum Gasteiger partial charge on any atom is -0.465 e. The van der Waals surface area contributed by atoms with Gasteiger partial charge in [-0.1, -0.05) is 11.6 Å². The molecule has 0 atom stereocenters. The Hall–Kier alpha value is -1.96. The van der Waals surface area contributed by atoms with Crippen LogP contribution in [0.5, 0.6) is 0 Å². The number of methoxy groups -OCH3 is 1. The molecule has 0 saturated heterocycles. The van der Waals surface area contributed by atoms with E-state index in [2.05, 4.69) is 15.0 Å². The maximum Gasteiger partial charge on any atom is 0.339 e. The second-order valence-corrected chi connectivity index (χ2v) is 5.35. The van der Waals surface area contributed by atoms with Crippen molar-refractivity contribution in [3.8, 4) is 0 Å². The number of nitrogens with zero attached hydrogens (tertiary/aromatic N) is 1. The van der Waals surface area contributed by atoms with Gasteiger partial charge in [0.15, 0.2) is 0 Å². The van der Waals surface area contributed by atoms with Gasteiger partial charge in [-0.3, -0.25) is 4.79 Å². The number of rotatable bonds is 4. The Morgan fingerprint density at radius 3 is 2.86 bits per heavy atom. The number of nitrogens with one attached hydrogen (secondary N) is 1. The van der Waals surface area contributed by atoms with Gasteiger partial charge in [0.1, 0.15) is 10.7 Å². The molecule has 6 nitrogen and oxygen atoms in total. The Balaban J connectivity index is 2.27. The van der Waals surface area contributed by atoms with Crippen LogP contribution >= 0.6 is 22.9 Å². The Labute approximate surface area is 129 Å². The van der Waals surface area contributed by atoms with Gasteiger partial charge >= 0.3 is 5.97 Å². The SMILES string of the molecule is COC(=O)c1ccc(Cl)cc1NC(=O)c1csc(CN)n1. The van der Waals surface area contributed by atoms with E-state index in [4.69, 9.17) is 17.3 Å². The number of ether oxygens (including phenoxy) is 1. The number of aromatic nitrogens is 1. The maximum absolute atomic E-state index is 12.1. The van der Waals surface area contributed by atoms with Crippen LogP contribution in [0, 0.1) is 0 Å². The number of carbonyl (C=O) groups is 2. The van der Waals surface area contributed by atoms with Crippen molar-refractivity contribution in [2.45, 2.75) is 6.54 Å². The van der Waals surface area contributed by atoms with Crippen LogP contribution in [0.4, 0.5) is 5.69 Å². The molecule has 21 heavy (non-hydrogen) atoms. The molecule has 0 aliphatic carbocycles. The van der Waals surface area contributed by atoms with E-state index in [0.717, 1.165) is 0 Å². The van der Waals surface area contributed by atoms with Crippen LogP contribution in [0.3, 0.4) is 0 Å². The maximum atomic E-state index is 12.1. The molecule has 0 fully saturated rings. The lowest BCUT2D eigenvalue weighted by molar-refractivity contribution is 0.0602. The molecule has 0 aliphatic heterocycles. The molecule has 1 aromatic heterocycles. The summed E-state index contributed by atoms with van der Waals surface area (Å²) in [5.41, 5.74) is 6.17. The van der Waals surface area contributed by atoms with Gasteiger partial charge in [-0.25, -0.2) is 9.78 Å². The summed E-state index contributed by atoms with van der Waals surface area (Å²) in [6, 6.07) is 4.50. The van der Waals surface area contributed by atoms with Crippen LogP contribution in [0.2, 0.25) is 5.02 Å². The fraction of sp³-hybridized carbons (Fsp3) is 0.154. The highest BCUT2D eigenvalue weighted by molar-refractivity contribution is 7.09. The first-order valence-electron chi connectivity index (χ1n) is 5.89. The van der Waals surface area contributed by atoms with Crippen molar-refractivity contribution in [2.24, 2.45) is 5.73 Å². The van der Waals surface area contributed by atoms with Crippen molar-refractivity contribution in [3.05, 3.63) is 44.9 Å². The number of nitrogens with two attached hydrogens (primary N) is 1. The first-order valence-corrected chi connectivity index (χ1v) is 7.14. The molecule has 0 radical (unpaired) electrons. The Morgan fingerprint density at radius 2 is 2.24 bits per heavy atom. The van der Waals surface area contributed by atoms with Gasteiger partial charge in [0.25, 0.3) is 5.91 Å². The van der Waals surface area contributed by atoms with Crippen molar-refractivity contribution in [1.82, 2.24) is 4.98 Å². The Morgan fingerprint density at radius 1 is 1.48 bits per heavy atom. The molecule has 8 heteroatoms. The number of thiazole rings is 1. The van der Waals surface area contributed by atoms with Crippen molar-refractivity contribution in [1.29, 1.82) is 0 Å². The summed E-state index contributed by atoms with van der Waals surface area (Å²) in [5, 5.41) is 5.24. The largest absolute Gasteiger partial charge is 0.465 e. The van der Waals surface area contributed by atoms with Crippen LogP contribution in [0.25, 0.3) is 0 Å². The number of hydrogen-bond donors (Lipinski definition) is 2. The molecular formula is C13H12ClN3O3S. The number of esters is 1. The van der Waals surface area contributed by atoms with Gasteiger partial charge in [0, 0.05) is 16.9 Å². The van der Waals surface area contributed by atoms with E-state index in [1.807, 2.05) is 0 Å². The standard InChI is InChI=1S/C13H12ClN3O3S/c1-20-13(19)8-3-2-7(14)4-9(8)17-12(18)10-6-21-11(5-15)16-10/h2-4,6H,5,15H2,1H3,(H,17,18). The molecule has 0 aliphatic rings. The smallest absolute Gasteiger partial charge is 0.339 e. The third-order valence-electron chi connectivity index (χ3n) is 2.59. The number of amides is 1. The van der Waals surface area contributed by atoms with E-state index in [1.54, 1.807) is 11.4 Å². The minimum absolute atomic E-state index is 0.213. The van der Waals surface area contributed by atoms with Crippen molar-refractivity contribution >= 4 is 40.5 Å². The lowest BCUT2D eigenvalue weighted by Crippen LogP contribution is -2.16. The molecule has 0 saturated carbocycles. The monoisotopic (exact) mass is 325 g/mol. The predicted octanol–water partition coefficient (Wildman–Crippen LogP) is 2.29. The van der Waals surface area contributed by atoms with Crippen LogP contribution in [0.15, 0.2) is 23.6 Å². The second kappa shape index (κ2) is 6.66. The average molecular weight is 326 g/mol. The zero-order valence-electron chi connectivity index (χ0n) is 11.1. The number of anilines is 1. The van der Waals surface area contributed by atoms with Gasteiger partial charge in [-0.2, -0.15) is 0 Å². The lowest BCUT2D eigenvalue weighted by atomic mass is 10.1. The van der Waals surface area contributed by atoms with Crippen LogP contribution < -0.4 is 11.1 Å². The molecule has 0 spiro atoms. The molecule has 1 aromatic carbocycles. The Kier molecular flexibility index (Phi) is 4.89. The first kappa shape index (κ1) is 15.4. The highest BCUT2D eigenvalue weighted by atomic mass is 35.5. The van der Waals surface area contributed by atoms with Gasteiger partial charge in [-0.15, -0.1) is 11.3 Å². The molecular weight excluding hydrogens is 314 g/mol. The van der Waals surface area contributed by atoms with E-state index < -0.39 is 11.9 Å². The summed E-state index contributed by atoms with van der Waals surface area (Å²) in [7, 11) is 1.26. The van der Waals surface area contributed by atoms with E-state index in [1.165, 1.54) is 30.6 Å². The van der Waals surface area contributed by atoms with E-state index in [9.17, 15) is 9.59 Å². The zero-order valence-corrected chi connectivity index (χ0v) is 12.6. The predicted molar refractivity (Wildman–Crippen MR) is 80.8 cm³/mol. The molecule has 110 valence electrons. The van der Waals surface area contributed by atoms with E-state index >= 15 is 0 Å². The molecule has 0 bridgehead atoms. The highest BCUT2D eigenvalue weighted by Crippen LogP contribution is 2.23. The molecule has 2 rings (SSSR count). The summed E-state index contributed by atoms with van der Waals surface area (Å²) in [5.74, 6) is -1.01. The third kappa shape index (κ3) is 3.57. The highest BCUT2D eigenvalue weighted by Gasteiger charge is 2.17. The van der Waals surface area contributed by atoms with Crippen LogP contribution in [-0.4, -0.2) is 24.0 Å². The van der Waals surface area contributed by atoms with Crippen molar-refractivity contribution in [2.75, 3.05) is 12.4 Å². The lowest BCUT2D eigenvalue weighted by Gasteiger charge is -2.09. The van der Waals surface area contributed by atoms with Gasteiger partial charge in [-0.05, 0) is 18.2 Å². The molecule has 2 aromatic rings. The molecule has 1 amide bonds. The minimum atomic E-state index is -0.567. The second-order valence-electron chi connectivity index (χ2n) is 3.97. The number of benzene rings is 1. The zero-order chi connectivity index (χ0) is 15.4. The summed E-state index contributed by atoms with van der Waals surface area (Å²) in [6.45, 7) is 0.266. The number of carbonyl (C=O) groups excluding carboxylic acids is 2. The van der Waals surface area contributed by atoms with Crippen LogP contribution in [0.1, 0.15) is 25.9 Å². The van der Waals surface area contributed by atoms with Crippen molar-refractivity contribution < 1.29 is 14.3 Å².